The molecule has 0 radical (unpaired) electrons. The Morgan fingerprint density at radius 3 is 1.04 bits per heavy atom. The summed E-state index contributed by atoms with van der Waals surface area (Å²) in [6.07, 6.45) is 42.4. The van der Waals surface area contributed by atoms with Gasteiger partial charge in [0.05, 0.1) is 13.2 Å². The van der Waals surface area contributed by atoms with Gasteiger partial charge in [-0.3, -0.25) is 0 Å². The van der Waals surface area contributed by atoms with Gasteiger partial charge in [-0.25, -0.2) is 0 Å². The van der Waals surface area contributed by atoms with Gasteiger partial charge < -0.3 is 14.6 Å². The smallest absolute Gasteiger partial charge is 0.123 e. The average Bonchev–Trinajstić information content (AvgIpc) is 3.11. The molecule has 0 aromatic heterocycles. The Hall–Kier alpha value is -2.42. The molecule has 0 atom stereocenters. The van der Waals surface area contributed by atoms with Crippen LogP contribution in [0.15, 0.2) is 42.5 Å². The Morgan fingerprint density at radius 2 is 0.694 bits per heavy atom. The Labute approximate surface area is 303 Å². The van der Waals surface area contributed by atoms with Crippen LogP contribution in [0.2, 0.25) is 0 Å². The number of phenols is 1. The molecule has 0 bridgehead atoms. The van der Waals surface area contributed by atoms with E-state index in [1.54, 1.807) is 12.1 Å². The van der Waals surface area contributed by atoms with Gasteiger partial charge in [-0.05, 0) is 48.2 Å². The minimum absolute atomic E-state index is 0.287. The monoisotopic (exact) mass is 677 g/mol. The van der Waals surface area contributed by atoms with E-state index in [2.05, 4.69) is 44.2 Å². The number of benzene rings is 2. The third-order valence-corrected chi connectivity index (χ3v) is 9.80. The predicted octanol–water partition coefficient (Wildman–Crippen LogP) is 15.3. The van der Waals surface area contributed by atoms with Crippen LogP contribution in [0.5, 0.6) is 17.2 Å². The van der Waals surface area contributed by atoms with Crippen molar-refractivity contribution >= 4 is 12.2 Å². The molecule has 0 amide bonds. The fourth-order valence-corrected chi connectivity index (χ4v) is 6.61. The predicted molar refractivity (Wildman–Crippen MR) is 215 cm³/mol. The number of ether oxygens (including phenoxy) is 2. The number of hydrogen-bond donors (Lipinski definition) is 1. The summed E-state index contributed by atoms with van der Waals surface area (Å²) in [6, 6.07) is 13.6. The van der Waals surface area contributed by atoms with Crippen molar-refractivity contribution in [3.63, 3.8) is 0 Å². The highest BCUT2D eigenvalue weighted by molar-refractivity contribution is 5.71. The van der Waals surface area contributed by atoms with Crippen LogP contribution in [-0.4, -0.2) is 18.3 Å². The van der Waals surface area contributed by atoms with E-state index in [9.17, 15) is 5.11 Å². The highest BCUT2D eigenvalue weighted by atomic mass is 16.5. The molecule has 0 saturated carbocycles. The molecule has 0 heterocycles. The van der Waals surface area contributed by atoms with Gasteiger partial charge in [0, 0.05) is 6.07 Å². The van der Waals surface area contributed by atoms with Crippen LogP contribution in [0.3, 0.4) is 0 Å². The molecule has 0 saturated heterocycles. The van der Waals surface area contributed by atoms with Crippen LogP contribution in [-0.2, 0) is 0 Å². The molecule has 0 aliphatic carbocycles. The summed E-state index contributed by atoms with van der Waals surface area (Å²) in [5.41, 5.74) is 2.12. The molecule has 1 N–H and O–H groups in total. The average molecular weight is 677 g/mol. The van der Waals surface area contributed by atoms with Crippen LogP contribution in [0.25, 0.3) is 12.2 Å². The summed E-state index contributed by atoms with van der Waals surface area (Å²) in [6.45, 7) is 6.09. The number of hydrogen-bond acceptors (Lipinski definition) is 3. The van der Waals surface area contributed by atoms with Gasteiger partial charge >= 0.3 is 0 Å². The first-order valence-corrected chi connectivity index (χ1v) is 21.1. The van der Waals surface area contributed by atoms with E-state index < -0.39 is 0 Å². The van der Waals surface area contributed by atoms with E-state index in [0.717, 1.165) is 48.7 Å². The van der Waals surface area contributed by atoms with E-state index >= 15 is 0 Å². The Bertz CT molecular complexity index is 975. The van der Waals surface area contributed by atoms with Crippen molar-refractivity contribution in [2.45, 2.75) is 194 Å². The Balaban J connectivity index is 1.63. The molecule has 0 spiro atoms. The van der Waals surface area contributed by atoms with Crippen LogP contribution in [0.1, 0.15) is 205 Å². The van der Waals surface area contributed by atoms with Crippen molar-refractivity contribution < 1.29 is 14.6 Å². The van der Waals surface area contributed by atoms with E-state index in [-0.39, 0.29) is 5.75 Å². The van der Waals surface area contributed by atoms with Crippen LogP contribution in [0, 0.1) is 0 Å². The maximum atomic E-state index is 9.62. The summed E-state index contributed by atoms with van der Waals surface area (Å²) in [5, 5.41) is 9.62. The number of aromatic hydroxyl groups is 1. The summed E-state index contributed by atoms with van der Waals surface area (Å²) in [5.74, 6) is 2.06. The highest BCUT2D eigenvalue weighted by Gasteiger charge is 2.04. The lowest BCUT2D eigenvalue weighted by Crippen LogP contribution is -2.00. The first-order chi connectivity index (χ1) is 24.2. The molecule has 3 heteroatoms. The highest BCUT2D eigenvalue weighted by Crippen LogP contribution is 2.26. The van der Waals surface area contributed by atoms with Gasteiger partial charge in [-0.2, -0.15) is 0 Å². The van der Waals surface area contributed by atoms with Gasteiger partial charge in [0.25, 0.3) is 0 Å². The van der Waals surface area contributed by atoms with E-state index in [1.807, 2.05) is 12.1 Å². The van der Waals surface area contributed by atoms with Crippen LogP contribution in [0.4, 0.5) is 0 Å². The third kappa shape index (κ3) is 25.2. The zero-order chi connectivity index (χ0) is 34.9. The number of unbranched alkanes of at least 4 members (excludes halogenated alkanes) is 26. The quantitative estimate of drug-likeness (QED) is 0.0592. The summed E-state index contributed by atoms with van der Waals surface area (Å²) >= 11 is 0. The van der Waals surface area contributed by atoms with E-state index in [0.29, 0.717) is 0 Å². The van der Waals surface area contributed by atoms with Gasteiger partial charge in [0.1, 0.15) is 17.2 Å². The number of rotatable bonds is 34. The topological polar surface area (TPSA) is 38.7 Å². The van der Waals surface area contributed by atoms with Crippen molar-refractivity contribution in [3.8, 4) is 17.2 Å². The lowest BCUT2D eigenvalue weighted by atomic mass is 10.0. The number of phenolic OH excluding ortho intramolecular Hbond substituents is 1. The van der Waals surface area contributed by atoms with Gasteiger partial charge in [-0.15, -0.1) is 0 Å². The maximum absolute atomic E-state index is 9.62. The molecule has 2 rings (SSSR count). The summed E-state index contributed by atoms with van der Waals surface area (Å²) < 4.78 is 12.5. The fraction of sp³-hybridized carbons (Fsp3) is 0.696. The molecular formula is C46H76O3. The molecule has 3 nitrogen and oxygen atoms in total. The SMILES string of the molecule is CCCCCCCCCCCCCCCCOc1cc(/C=C/c2ccc(O)cc2)cc(OCCCCCCCCCCCCCCCC)c1. The van der Waals surface area contributed by atoms with Crippen molar-refractivity contribution in [3.05, 3.63) is 53.6 Å². The van der Waals surface area contributed by atoms with Crippen molar-refractivity contribution in [2.75, 3.05) is 13.2 Å². The first kappa shape index (κ1) is 42.7. The van der Waals surface area contributed by atoms with Crippen LogP contribution < -0.4 is 9.47 Å². The second-order valence-corrected chi connectivity index (χ2v) is 14.6. The Morgan fingerprint density at radius 1 is 0.388 bits per heavy atom. The zero-order valence-corrected chi connectivity index (χ0v) is 32.2. The maximum Gasteiger partial charge on any atom is 0.123 e. The molecule has 0 aliphatic heterocycles. The second kappa shape index (κ2) is 31.6. The van der Waals surface area contributed by atoms with Crippen molar-refractivity contribution in [1.29, 1.82) is 0 Å². The second-order valence-electron chi connectivity index (χ2n) is 14.6. The summed E-state index contributed by atoms with van der Waals surface area (Å²) in [4.78, 5) is 0. The lowest BCUT2D eigenvalue weighted by Gasteiger charge is -2.12. The first-order valence-electron chi connectivity index (χ1n) is 21.1. The zero-order valence-electron chi connectivity index (χ0n) is 32.2. The van der Waals surface area contributed by atoms with Gasteiger partial charge in [-0.1, -0.05) is 205 Å². The molecule has 2 aromatic rings. The largest absolute Gasteiger partial charge is 0.508 e. The molecule has 0 aliphatic rings. The van der Waals surface area contributed by atoms with Crippen molar-refractivity contribution in [2.24, 2.45) is 0 Å². The molecule has 0 unspecified atom stereocenters. The lowest BCUT2D eigenvalue weighted by molar-refractivity contribution is 0.289. The van der Waals surface area contributed by atoms with Crippen LogP contribution >= 0.6 is 0 Å². The molecule has 49 heavy (non-hydrogen) atoms. The fourth-order valence-electron chi connectivity index (χ4n) is 6.61. The van der Waals surface area contributed by atoms with E-state index in [1.165, 1.54) is 167 Å². The molecule has 278 valence electrons. The Kier molecular flexibility index (Phi) is 27.5. The molecule has 2 aromatic carbocycles. The standard InChI is InChI=1S/C46H76O3/c1-3-5-7-9-11-13-15-17-19-21-23-25-27-29-37-48-45-39-43(32-31-42-33-35-44(47)36-34-42)40-46(41-45)49-38-30-28-26-24-22-20-18-16-14-12-10-8-6-4-2/h31-36,39-41,47H,3-30,37-38H2,1-2H3/b32-31+. The third-order valence-electron chi connectivity index (χ3n) is 9.80. The minimum Gasteiger partial charge on any atom is -0.508 e. The normalized spacial score (nSPS) is 11.5. The van der Waals surface area contributed by atoms with Gasteiger partial charge in [0.15, 0.2) is 0 Å². The molecule has 0 fully saturated rings. The van der Waals surface area contributed by atoms with E-state index in [4.69, 9.17) is 9.47 Å². The summed E-state index contributed by atoms with van der Waals surface area (Å²) in [7, 11) is 0. The minimum atomic E-state index is 0.287. The van der Waals surface area contributed by atoms with Crippen molar-refractivity contribution in [1.82, 2.24) is 0 Å². The molecular weight excluding hydrogens is 601 g/mol. The van der Waals surface area contributed by atoms with Gasteiger partial charge in [0.2, 0.25) is 0 Å².